The number of aromatic nitrogens is 3. The molecule has 3 nitrogen and oxygen atoms in total. The minimum Gasteiger partial charge on any atom is -0.309 e. The molecule has 0 aliphatic carbocycles. The van der Waals surface area contributed by atoms with Crippen molar-refractivity contribution in [3.05, 3.63) is 152 Å². The van der Waals surface area contributed by atoms with E-state index in [1.807, 2.05) is 12.1 Å². The van der Waals surface area contributed by atoms with Crippen LogP contribution < -0.4 is 0 Å². The summed E-state index contributed by atoms with van der Waals surface area (Å²) >= 11 is 0. The number of benzene rings is 6. The first kappa shape index (κ1) is 22.6. The number of nitrogens with zero attached hydrogens (tertiary/aromatic N) is 3. The van der Waals surface area contributed by atoms with Crippen molar-refractivity contribution in [1.29, 1.82) is 0 Å². The highest BCUT2D eigenvalue weighted by Crippen LogP contribution is 2.35. The molecule has 6 aromatic carbocycles. The molecule has 0 spiro atoms. The van der Waals surface area contributed by atoms with Crippen molar-refractivity contribution in [3.8, 4) is 33.9 Å². The molecule has 0 saturated carbocycles. The number of imidazole rings is 1. The molecule has 8 aromatic rings. The fraction of sp³-hybridized carbons (Fsp3) is 0. The molecular formula is C37H25N3. The third kappa shape index (κ3) is 3.56. The molecule has 0 aliphatic rings. The lowest BCUT2D eigenvalue weighted by Crippen LogP contribution is -1.97. The van der Waals surface area contributed by atoms with Crippen molar-refractivity contribution in [3.63, 3.8) is 0 Å². The van der Waals surface area contributed by atoms with Crippen LogP contribution in [0, 0.1) is 0 Å². The van der Waals surface area contributed by atoms with Crippen LogP contribution in [0.15, 0.2) is 152 Å². The molecule has 0 amide bonds. The lowest BCUT2D eigenvalue weighted by atomic mass is 10.0. The van der Waals surface area contributed by atoms with Crippen LogP contribution in [0.4, 0.5) is 0 Å². The lowest BCUT2D eigenvalue weighted by molar-refractivity contribution is 1.10. The van der Waals surface area contributed by atoms with E-state index >= 15 is 0 Å². The van der Waals surface area contributed by atoms with Gasteiger partial charge >= 0.3 is 0 Å². The molecule has 2 aromatic heterocycles. The molecule has 0 fully saturated rings. The van der Waals surface area contributed by atoms with E-state index in [2.05, 4.69) is 149 Å². The average Bonchev–Trinajstić information content (AvgIpc) is 3.58. The molecule has 0 N–H and O–H groups in total. The Kier molecular flexibility index (Phi) is 5.14. The summed E-state index contributed by atoms with van der Waals surface area (Å²) in [5.74, 6) is 0.938. The van der Waals surface area contributed by atoms with Gasteiger partial charge in [-0.25, -0.2) is 4.98 Å². The van der Waals surface area contributed by atoms with Crippen LogP contribution >= 0.6 is 0 Å². The zero-order valence-corrected chi connectivity index (χ0v) is 21.8. The minimum absolute atomic E-state index is 0.938. The van der Waals surface area contributed by atoms with Gasteiger partial charge in [0.25, 0.3) is 0 Å². The van der Waals surface area contributed by atoms with E-state index in [-0.39, 0.29) is 0 Å². The quantitative estimate of drug-likeness (QED) is 0.231. The van der Waals surface area contributed by atoms with Gasteiger partial charge in [0.1, 0.15) is 5.82 Å². The Labute approximate surface area is 232 Å². The van der Waals surface area contributed by atoms with Gasteiger partial charge in [-0.3, -0.25) is 4.57 Å². The highest BCUT2D eigenvalue weighted by atomic mass is 15.1. The van der Waals surface area contributed by atoms with E-state index in [9.17, 15) is 0 Å². The third-order valence-electron chi connectivity index (χ3n) is 7.71. The maximum atomic E-state index is 5.08. The summed E-state index contributed by atoms with van der Waals surface area (Å²) in [6.45, 7) is 0. The summed E-state index contributed by atoms with van der Waals surface area (Å²) in [6.07, 6.45) is 0. The molecular weight excluding hydrogens is 486 g/mol. The number of hydrogen-bond acceptors (Lipinski definition) is 1. The first-order chi connectivity index (χ1) is 19.8. The molecule has 0 bridgehead atoms. The van der Waals surface area contributed by atoms with Crippen molar-refractivity contribution >= 4 is 32.8 Å². The maximum Gasteiger partial charge on any atom is 0.145 e. The van der Waals surface area contributed by atoms with Crippen molar-refractivity contribution in [2.45, 2.75) is 0 Å². The van der Waals surface area contributed by atoms with E-state index in [1.165, 1.54) is 27.4 Å². The van der Waals surface area contributed by atoms with Crippen molar-refractivity contribution in [2.24, 2.45) is 0 Å². The molecule has 3 heteroatoms. The Balaban J connectivity index is 1.29. The zero-order valence-electron chi connectivity index (χ0n) is 21.8. The van der Waals surface area contributed by atoms with Gasteiger partial charge in [-0.1, -0.05) is 97.1 Å². The van der Waals surface area contributed by atoms with Gasteiger partial charge < -0.3 is 4.57 Å². The number of rotatable bonds is 4. The van der Waals surface area contributed by atoms with Gasteiger partial charge in [0.05, 0.1) is 22.1 Å². The van der Waals surface area contributed by atoms with E-state index in [1.54, 1.807) is 0 Å². The van der Waals surface area contributed by atoms with Gasteiger partial charge in [-0.15, -0.1) is 0 Å². The second kappa shape index (κ2) is 9.11. The van der Waals surface area contributed by atoms with Crippen LogP contribution in [-0.4, -0.2) is 14.1 Å². The van der Waals surface area contributed by atoms with Gasteiger partial charge in [0.2, 0.25) is 0 Å². The van der Waals surface area contributed by atoms with E-state index in [0.717, 1.165) is 39.4 Å². The Morgan fingerprint density at radius 1 is 0.375 bits per heavy atom. The fourth-order valence-electron chi connectivity index (χ4n) is 5.92. The predicted octanol–water partition coefficient (Wildman–Crippen LogP) is 9.46. The van der Waals surface area contributed by atoms with Crippen LogP contribution in [0.2, 0.25) is 0 Å². The normalized spacial score (nSPS) is 11.5. The Hall–Kier alpha value is -5.41. The standard InChI is InChI=1S/C37H25N3/c1-2-15-29(16-3-1)40-36-23-9-6-20-33(36)38-37(40)28-14-10-12-26(24-28)27-13-11-17-30(25-27)39-34-21-7-4-18-31(34)32-19-5-8-22-35(32)39/h1-25H. The van der Waals surface area contributed by atoms with Crippen LogP contribution in [-0.2, 0) is 0 Å². The van der Waals surface area contributed by atoms with Crippen LogP contribution in [0.3, 0.4) is 0 Å². The molecule has 0 aliphatic heterocycles. The summed E-state index contributed by atoms with van der Waals surface area (Å²) in [6, 6.07) is 53.6. The molecule has 0 unspecified atom stereocenters. The van der Waals surface area contributed by atoms with Crippen LogP contribution in [0.5, 0.6) is 0 Å². The van der Waals surface area contributed by atoms with Crippen LogP contribution in [0.25, 0.3) is 66.7 Å². The molecule has 0 radical (unpaired) electrons. The Morgan fingerprint density at radius 3 is 1.68 bits per heavy atom. The zero-order chi connectivity index (χ0) is 26.5. The predicted molar refractivity (Wildman–Crippen MR) is 166 cm³/mol. The Morgan fingerprint density at radius 2 is 0.925 bits per heavy atom. The number of fused-ring (bicyclic) bond motifs is 4. The number of hydrogen-bond donors (Lipinski definition) is 0. The monoisotopic (exact) mass is 511 g/mol. The summed E-state index contributed by atoms with van der Waals surface area (Å²) in [5.41, 5.74) is 10.2. The van der Waals surface area contributed by atoms with E-state index < -0.39 is 0 Å². The van der Waals surface area contributed by atoms with Crippen LogP contribution in [0.1, 0.15) is 0 Å². The van der Waals surface area contributed by atoms with E-state index in [0.29, 0.717) is 0 Å². The molecule has 8 rings (SSSR count). The van der Waals surface area contributed by atoms with Gasteiger partial charge in [-0.05, 0) is 65.7 Å². The van der Waals surface area contributed by atoms with Gasteiger partial charge in [-0.2, -0.15) is 0 Å². The second-order valence-corrected chi connectivity index (χ2v) is 10.1. The SMILES string of the molecule is c1ccc(-n2c(-c3cccc(-c4cccc(-n5c6ccccc6c6ccccc65)c4)c3)nc3ccccc32)cc1. The molecule has 188 valence electrons. The number of para-hydroxylation sites is 5. The van der Waals surface area contributed by atoms with Crippen molar-refractivity contribution < 1.29 is 0 Å². The first-order valence-corrected chi connectivity index (χ1v) is 13.6. The largest absolute Gasteiger partial charge is 0.309 e. The summed E-state index contributed by atoms with van der Waals surface area (Å²) in [7, 11) is 0. The van der Waals surface area contributed by atoms with Crippen molar-refractivity contribution in [1.82, 2.24) is 14.1 Å². The van der Waals surface area contributed by atoms with E-state index in [4.69, 9.17) is 4.98 Å². The van der Waals surface area contributed by atoms with Gasteiger partial charge in [0.15, 0.2) is 0 Å². The average molecular weight is 512 g/mol. The first-order valence-electron chi connectivity index (χ1n) is 13.6. The minimum atomic E-state index is 0.938. The topological polar surface area (TPSA) is 22.8 Å². The summed E-state index contributed by atoms with van der Waals surface area (Å²) in [4.78, 5) is 5.08. The highest BCUT2D eigenvalue weighted by Gasteiger charge is 2.16. The highest BCUT2D eigenvalue weighted by molar-refractivity contribution is 6.09. The Bertz CT molecular complexity index is 2110. The third-order valence-corrected chi connectivity index (χ3v) is 7.71. The molecule has 0 saturated heterocycles. The summed E-state index contributed by atoms with van der Waals surface area (Å²) in [5, 5.41) is 2.54. The molecule has 2 heterocycles. The molecule has 40 heavy (non-hydrogen) atoms. The molecule has 0 atom stereocenters. The van der Waals surface area contributed by atoms with Crippen molar-refractivity contribution in [2.75, 3.05) is 0 Å². The lowest BCUT2D eigenvalue weighted by Gasteiger charge is -2.12. The fourth-order valence-corrected chi connectivity index (χ4v) is 5.92. The maximum absolute atomic E-state index is 5.08. The summed E-state index contributed by atoms with van der Waals surface area (Å²) < 4.78 is 4.62. The second-order valence-electron chi connectivity index (χ2n) is 10.1. The van der Waals surface area contributed by atoms with Gasteiger partial charge in [0, 0.05) is 27.7 Å². The smallest absolute Gasteiger partial charge is 0.145 e.